The van der Waals surface area contributed by atoms with Crippen molar-refractivity contribution in [2.75, 3.05) is 10.5 Å². The van der Waals surface area contributed by atoms with Crippen molar-refractivity contribution in [3.8, 4) is 0 Å². The Bertz CT molecular complexity index is 1050. The fraction of sp³-hybridized carbons (Fsp3) is 0. The number of nitrogens with one attached hydrogen (secondary N) is 3. The molecule has 1 aliphatic rings. The SMILES string of the molecule is Nc1ccccc1NS(=O)(=O)c1ccc(N=C2C(=O)NC(=O)NC2=O)cc1. The maximum absolute atomic E-state index is 12.4. The Balaban J connectivity index is 1.84. The number of nitrogen functional groups attached to an aromatic ring is 1. The molecule has 0 aliphatic carbocycles. The molecule has 0 spiro atoms. The fourth-order valence-corrected chi connectivity index (χ4v) is 3.27. The molecule has 0 aromatic heterocycles. The van der Waals surface area contributed by atoms with E-state index in [2.05, 4.69) is 9.71 Å². The van der Waals surface area contributed by atoms with Gasteiger partial charge in [0.25, 0.3) is 21.8 Å². The van der Waals surface area contributed by atoms with E-state index >= 15 is 0 Å². The Labute approximate surface area is 153 Å². The molecule has 1 heterocycles. The summed E-state index contributed by atoms with van der Waals surface area (Å²) in [6, 6.07) is 10.6. The lowest BCUT2D eigenvalue weighted by molar-refractivity contribution is -0.119. The van der Waals surface area contributed by atoms with Gasteiger partial charge in [0.2, 0.25) is 0 Å². The fourth-order valence-electron chi connectivity index (χ4n) is 2.18. The number of nitrogens with zero attached hydrogens (tertiary/aromatic N) is 1. The van der Waals surface area contributed by atoms with Crippen LogP contribution in [0.4, 0.5) is 21.9 Å². The first-order valence-electron chi connectivity index (χ1n) is 7.49. The molecule has 27 heavy (non-hydrogen) atoms. The number of carbonyl (C=O) groups excluding carboxylic acids is 3. The van der Waals surface area contributed by atoms with Gasteiger partial charge in [0.05, 0.1) is 22.0 Å². The van der Waals surface area contributed by atoms with Gasteiger partial charge in [0.15, 0.2) is 5.71 Å². The van der Waals surface area contributed by atoms with E-state index in [1.165, 1.54) is 30.3 Å². The minimum absolute atomic E-state index is 0.0672. The smallest absolute Gasteiger partial charge is 0.328 e. The molecule has 1 aliphatic heterocycles. The molecule has 138 valence electrons. The number of barbiturate groups is 1. The number of para-hydroxylation sites is 2. The van der Waals surface area contributed by atoms with Crippen LogP contribution in [-0.4, -0.2) is 32.0 Å². The van der Waals surface area contributed by atoms with Crippen LogP contribution in [0.25, 0.3) is 0 Å². The highest BCUT2D eigenvalue weighted by Gasteiger charge is 2.29. The van der Waals surface area contributed by atoms with Crippen LogP contribution in [0.15, 0.2) is 58.4 Å². The Morgan fingerprint density at radius 1 is 0.889 bits per heavy atom. The van der Waals surface area contributed by atoms with E-state index in [4.69, 9.17) is 5.73 Å². The summed E-state index contributed by atoms with van der Waals surface area (Å²) in [4.78, 5) is 38.1. The van der Waals surface area contributed by atoms with Gasteiger partial charge < -0.3 is 5.73 Å². The number of rotatable bonds is 4. The second-order valence-corrected chi connectivity index (χ2v) is 7.07. The van der Waals surface area contributed by atoms with Crippen molar-refractivity contribution in [1.29, 1.82) is 0 Å². The van der Waals surface area contributed by atoms with Crippen LogP contribution < -0.4 is 21.1 Å². The zero-order valence-electron chi connectivity index (χ0n) is 13.6. The number of benzene rings is 2. The van der Waals surface area contributed by atoms with E-state index in [1.807, 2.05) is 10.6 Å². The van der Waals surface area contributed by atoms with E-state index in [0.717, 1.165) is 0 Å². The van der Waals surface area contributed by atoms with Gasteiger partial charge in [0.1, 0.15) is 0 Å². The first kappa shape index (κ1) is 18.1. The first-order chi connectivity index (χ1) is 12.8. The van der Waals surface area contributed by atoms with Crippen molar-refractivity contribution < 1.29 is 22.8 Å². The Morgan fingerprint density at radius 3 is 2.07 bits per heavy atom. The lowest BCUT2D eigenvalue weighted by Gasteiger charge is -2.13. The van der Waals surface area contributed by atoms with Crippen molar-refractivity contribution in [2.45, 2.75) is 4.90 Å². The van der Waals surface area contributed by atoms with Crippen LogP contribution in [-0.2, 0) is 19.6 Å². The molecule has 10 nitrogen and oxygen atoms in total. The molecular weight excluding hydrogens is 374 g/mol. The van der Waals surface area contributed by atoms with Gasteiger partial charge in [-0.25, -0.2) is 18.2 Å². The predicted molar refractivity (Wildman–Crippen MR) is 96.9 cm³/mol. The number of carbonyl (C=O) groups is 3. The molecule has 4 amide bonds. The summed E-state index contributed by atoms with van der Waals surface area (Å²) in [5.74, 6) is -1.89. The zero-order valence-corrected chi connectivity index (χ0v) is 14.4. The maximum atomic E-state index is 12.4. The average Bonchev–Trinajstić information content (AvgIpc) is 2.60. The lowest BCUT2D eigenvalue weighted by Crippen LogP contribution is -2.56. The summed E-state index contributed by atoms with van der Waals surface area (Å²) in [6.45, 7) is 0. The summed E-state index contributed by atoms with van der Waals surface area (Å²) >= 11 is 0. The van der Waals surface area contributed by atoms with Crippen LogP contribution in [0.2, 0.25) is 0 Å². The van der Waals surface area contributed by atoms with E-state index in [1.54, 1.807) is 18.2 Å². The topological polar surface area (TPSA) is 160 Å². The first-order valence-corrected chi connectivity index (χ1v) is 8.97. The van der Waals surface area contributed by atoms with E-state index in [9.17, 15) is 22.8 Å². The van der Waals surface area contributed by atoms with E-state index in [0.29, 0.717) is 0 Å². The third-order valence-electron chi connectivity index (χ3n) is 3.48. The number of imide groups is 2. The van der Waals surface area contributed by atoms with Crippen LogP contribution in [0.5, 0.6) is 0 Å². The number of sulfonamides is 1. The molecule has 5 N–H and O–H groups in total. The zero-order chi connectivity index (χ0) is 19.6. The maximum Gasteiger partial charge on any atom is 0.328 e. The van der Waals surface area contributed by atoms with E-state index < -0.39 is 33.6 Å². The van der Waals surface area contributed by atoms with Crippen molar-refractivity contribution in [2.24, 2.45) is 4.99 Å². The lowest BCUT2D eigenvalue weighted by atomic mass is 10.2. The van der Waals surface area contributed by atoms with Gasteiger partial charge in [-0.05, 0) is 36.4 Å². The Hall–Kier alpha value is -3.73. The van der Waals surface area contributed by atoms with Crippen LogP contribution in [0, 0.1) is 0 Å². The van der Waals surface area contributed by atoms with Crippen LogP contribution in [0.1, 0.15) is 0 Å². The normalized spacial score (nSPS) is 14.4. The highest BCUT2D eigenvalue weighted by Crippen LogP contribution is 2.23. The number of hydrogen-bond acceptors (Lipinski definition) is 7. The molecule has 1 fully saturated rings. The minimum atomic E-state index is -3.90. The van der Waals surface area contributed by atoms with Gasteiger partial charge in [0, 0.05) is 0 Å². The highest BCUT2D eigenvalue weighted by atomic mass is 32.2. The molecule has 0 unspecified atom stereocenters. The van der Waals surface area contributed by atoms with E-state index in [-0.39, 0.29) is 22.0 Å². The molecule has 2 aromatic rings. The van der Waals surface area contributed by atoms with Crippen molar-refractivity contribution in [3.63, 3.8) is 0 Å². The van der Waals surface area contributed by atoms with Crippen LogP contribution in [0.3, 0.4) is 0 Å². The third-order valence-corrected chi connectivity index (χ3v) is 4.86. The Morgan fingerprint density at radius 2 is 1.48 bits per heavy atom. The van der Waals surface area contributed by atoms with Crippen molar-refractivity contribution in [1.82, 2.24) is 10.6 Å². The monoisotopic (exact) mass is 387 g/mol. The number of anilines is 2. The summed E-state index contributed by atoms with van der Waals surface area (Å²) in [7, 11) is -3.90. The summed E-state index contributed by atoms with van der Waals surface area (Å²) in [5.41, 5.74) is 5.88. The number of nitrogens with two attached hydrogens (primary N) is 1. The van der Waals surface area contributed by atoms with Gasteiger partial charge >= 0.3 is 6.03 Å². The average molecular weight is 387 g/mol. The number of hydrogen-bond donors (Lipinski definition) is 4. The van der Waals surface area contributed by atoms with Gasteiger partial charge in [-0.1, -0.05) is 12.1 Å². The largest absolute Gasteiger partial charge is 0.397 e. The molecule has 3 rings (SSSR count). The van der Waals surface area contributed by atoms with Crippen molar-refractivity contribution >= 4 is 50.6 Å². The molecule has 2 aromatic carbocycles. The standard InChI is InChI=1S/C16H13N5O5S/c17-11-3-1-2-4-12(11)21-27(25,26)10-7-5-9(6-8-10)18-13-14(22)19-16(24)20-15(13)23/h1-8,21H,17H2,(H2,19,20,22,23,24). The van der Waals surface area contributed by atoms with Gasteiger partial charge in [-0.3, -0.25) is 24.9 Å². The highest BCUT2D eigenvalue weighted by molar-refractivity contribution is 7.92. The third kappa shape index (κ3) is 3.93. The second kappa shape index (κ2) is 6.88. The molecule has 1 saturated heterocycles. The van der Waals surface area contributed by atoms with Crippen LogP contribution >= 0.6 is 0 Å². The summed E-state index contributed by atoms with van der Waals surface area (Å²) < 4.78 is 27.2. The molecule has 0 radical (unpaired) electrons. The molecule has 0 saturated carbocycles. The van der Waals surface area contributed by atoms with Gasteiger partial charge in [-0.15, -0.1) is 0 Å². The molecule has 0 atom stereocenters. The number of amides is 4. The quantitative estimate of drug-likeness (QED) is 0.559. The summed E-state index contributed by atoms with van der Waals surface area (Å²) in [5, 5.41) is 3.78. The molecular formula is C16H13N5O5S. The minimum Gasteiger partial charge on any atom is -0.397 e. The molecule has 0 bridgehead atoms. The van der Waals surface area contributed by atoms with Gasteiger partial charge in [-0.2, -0.15) is 0 Å². The van der Waals surface area contributed by atoms with Crippen molar-refractivity contribution in [3.05, 3.63) is 48.5 Å². The molecule has 11 heteroatoms. The number of aliphatic imine (C=N–C) groups is 1. The predicted octanol–water partition coefficient (Wildman–Crippen LogP) is 0.508. The number of urea groups is 1. The summed E-state index contributed by atoms with van der Waals surface area (Å²) in [6.07, 6.45) is 0. The second-order valence-electron chi connectivity index (χ2n) is 5.38. The Kier molecular flexibility index (Phi) is 4.60.